The second kappa shape index (κ2) is 4.05. The molecule has 0 spiro atoms. The van der Waals surface area contributed by atoms with Crippen LogP contribution in [-0.4, -0.2) is 9.44 Å². The van der Waals surface area contributed by atoms with Crippen molar-refractivity contribution in [1.29, 1.82) is 0 Å². The predicted octanol–water partition coefficient (Wildman–Crippen LogP) is 3.57. The maximum Gasteiger partial charge on any atom is 0.145 e. The lowest BCUT2D eigenvalue weighted by atomic mass is 10.1. The standard InChI is InChI=1S/C9H9Cl3O/c1-9(11,12)8(13)6-4-2-3-5-7(6)10/h2-5,8,13H,1H3. The van der Waals surface area contributed by atoms with Gasteiger partial charge in [-0.05, 0) is 13.0 Å². The summed E-state index contributed by atoms with van der Waals surface area (Å²) in [5, 5.41) is 10.2. The molecule has 0 bridgehead atoms. The highest BCUT2D eigenvalue weighted by atomic mass is 35.5. The lowest BCUT2D eigenvalue weighted by Gasteiger charge is -2.22. The molecular formula is C9H9Cl3O. The zero-order chi connectivity index (χ0) is 10.1. The van der Waals surface area contributed by atoms with Crippen molar-refractivity contribution in [3.63, 3.8) is 0 Å². The van der Waals surface area contributed by atoms with Crippen molar-refractivity contribution in [3.05, 3.63) is 34.9 Å². The van der Waals surface area contributed by atoms with Crippen LogP contribution in [0.4, 0.5) is 0 Å². The van der Waals surface area contributed by atoms with Crippen molar-refractivity contribution in [3.8, 4) is 0 Å². The summed E-state index contributed by atoms with van der Waals surface area (Å²) >= 11 is 17.3. The number of benzene rings is 1. The third kappa shape index (κ3) is 2.75. The van der Waals surface area contributed by atoms with Crippen LogP contribution in [-0.2, 0) is 0 Å². The number of rotatable bonds is 2. The molecule has 0 heterocycles. The lowest BCUT2D eigenvalue weighted by Crippen LogP contribution is -2.19. The summed E-state index contributed by atoms with van der Waals surface area (Å²) in [6.45, 7) is 1.52. The van der Waals surface area contributed by atoms with Gasteiger partial charge in [0.15, 0.2) is 0 Å². The smallest absolute Gasteiger partial charge is 0.145 e. The average molecular weight is 240 g/mol. The van der Waals surface area contributed by atoms with E-state index in [0.717, 1.165) is 0 Å². The molecule has 0 fully saturated rings. The normalized spacial score (nSPS) is 14.2. The highest BCUT2D eigenvalue weighted by molar-refractivity contribution is 6.48. The van der Waals surface area contributed by atoms with E-state index < -0.39 is 10.4 Å². The van der Waals surface area contributed by atoms with Gasteiger partial charge >= 0.3 is 0 Å². The minimum atomic E-state index is -1.23. The molecular weight excluding hydrogens is 230 g/mol. The van der Waals surface area contributed by atoms with Crippen LogP contribution in [0, 0.1) is 0 Å². The molecule has 0 radical (unpaired) electrons. The monoisotopic (exact) mass is 238 g/mol. The fourth-order valence-electron chi connectivity index (χ4n) is 0.970. The van der Waals surface area contributed by atoms with Crippen LogP contribution < -0.4 is 0 Å². The van der Waals surface area contributed by atoms with Gasteiger partial charge in [0.05, 0.1) is 0 Å². The van der Waals surface area contributed by atoms with E-state index in [4.69, 9.17) is 34.8 Å². The highest BCUT2D eigenvalue weighted by Gasteiger charge is 2.30. The van der Waals surface area contributed by atoms with Gasteiger partial charge in [0, 0.05) is 10.6 Å². The second-order valence-corrected chi connectivity index (χ2v) is 5.05. The van der Waals surface area contributed by atoms with Crippen LogP contribution in [0.5, 0.6) is 0 Å². The summed E-state index contributed by atoms with van der Waals surface area (Å²) in [7, 11) is 0. The van der Waals surface area contributed by atoms with Crippen LogP contribution in [0.1, 0.15) is 18.6 Å². The molecule has 1 rings (SSSR count). The molecule has 0 amide bonds. The zero-order valence-electron chi connectivity index (χ0n) is 6.97. The van der Waals surface area contributed by atoms with Crippen LogP contribution >= 0.6 is 34.8 Å². The summed E-state index contributed by atoms with van der Waals surface area (Å²) in [5.41, 5.74) is 0.539. The molecule has 0 saturated heterocycles. The van der Waals surface area contributed by atoms with E-state index in [1.165, 1.54) is 6.92 Å². The molecule has 13 heavy (non-hydrogen) atoms. The van der Waals surface area contributed by atoms with Crippen molar-refractivity contribution in [1.82, 2.24) is 0 Å². The summed E-state index contributed by atoms with van der Waals surface area (Å²) in [5.74, 6) is 0. The van der Waals surface area contributed by atoms with E-state index in [1.54, 1.807) is 24.3 Å². The van der Waals surface area contributed by atoms with E-state index in [9.17, 15) is 5.11 Å². The van der Waals surface area contributed by atoms with E-state index >= 15 is 0 Å². The first-order valence-corrected chi connectivity index (χ1v) is 4.86. The van der Waals surface area contributed by atoms with E-state index in [2.05, 4.69) is 0 Å². The first kappa shape index (κ1) is 11.1. The van der Waals surface area contributed by atoms with Gasteiger partial charge in [-0.1, -0.05) is 53.0 Å². The van der Waals surface area contributed by atoms with E-state index in [0.29, 0.717) is 10.6 Å². The maximum absolute atomic E-state index is 9.69. The SMILES string of the molecule is CC(Cl)(Cl)C(O)c1ccccc1Cl. The molecule has 4 heteroatoms. The summed E-state index contributed by atoms with van der Waals surface area (Å²) in [6, 6.07) is 6.91. The minimum Gasteiger partial charge on any atom is -0.385 e. The third-order valence-corrected chi connectivity index (χ3v) is 2.44. The molecule has 1 unspecified atom stereocenters. The Hall–Kier alpha value is 0.0500. The minimum absolute atomic E-state index is 0.461. The number of alkyl halides is 2. The molecule has 0 saturated carbocycles. The summed E-state index contributed by atoms with van der Waals surface area (Å²) in [4.78, 5) is 0. The van der Waals surface area contributed by atoms with Crippen molar-refractivity contribution in [2.75, 3.05) is 0 Å². The molecule has 0 aliphatic carbocycles. The number of halogens is 3. The van der Waals surface area contributed by atoms with Gasteiger partial charge < -0.3 is 5.11 Å². The van der Waals surface area contributed by atoms with Crippen molar-refractivity contribution in [2.24, 2.45) is 0 Å². The molecule has 1 N–H and O–H groups in total. The Bertz CT molecular complexity index is 293. The quantitative estimate of drug-likeness (QED) is 0.782. The van der Waals surface area contributed by atoms with E-state index in [1.807, 2.05) is 0 Å². The van der Waals surface area contributed by atoms with E-state index in [-0.39, 0.29) is 0 Å². The van der Waals surface area contributed by atoms with Gasteiger partial charge in [0.25, 0.3) is 0 Å². The number of hydrogen-bond acceptors (Lipinski definition) is 1. The lowest BCUT2D eigenvalue weighted by molar-refractivity contribution is 0.164. The summed E-state index contributed by atoms with van der Waals surface area (Å²) in [6.07, 6.45) is -0.982. The third-order valence-electron chi connectivity index (χ3n) is 1.68. The Labute approximate surface area is 92.2 Å². The molecule has 72 valence electrons. The van der Waals surface area contributed by atoms with Gasteiger partial charge in [-0.15, -0.1) is 0 Å². The van der Waals surface area contributed by atoms with Gasteiger partial charge in [-0.3, -0.25) is 0 Å². The first-order chi connectivity index (χ1) is 5.93. The molecule has 1 aromatic rings. The molecule has 1 nitrogen and oxygen atoms in total. The molecule has 1 aromatic carbocycles. The van der Waals surface area contributed by atoms with Crippen molar-refractivity contribution < 1.29 is 5.11 Å². The van der Waals surface area contributed by atoms with Crippen LogP contribution in [0.15, 0.2) is 24.3 Å². The Balaban J connectivity index is 3.02. The molecule has 0 aliphatic rings. The van der Waals surface area contributed by atoms with Gasteiger partial charge in [0.2, 0.25) is 0 Å². The van der Waals surface area contributed by atoms with Crippen LogP contribution in [0.25, 0.3) is 0 Å². The molecule has 0 aliphatic heterocycles. The van der Waals surface area contributed by atoms with Gasteiger partial charge in [-0.2, -0.15) is 0 Å². The Morgan fingerprint density at radius 1 is 1.31 bits per heavy atom. The Morgan fingerprint density at radius 2 is 1.85 bits per heavy atom. The highest BCUT2D eigenvalue weighted by Crippen LogP contribution is 2.37. The Morgan fingerprint density at radius 3 is 2.31 bits per heavy atom. The predicted molar refractivity (Wildman–Crippen MR) is 56.5 cm³/mol. The number of aliphatic hydroxyl groups excluding tert-OH is 1. The number of hydrogen-bond donors (Lipinski definition) is 1. The molecule has 1 atom stereocenters. The van der Waals surface area contributed by atoms with Crippen molar-refractivity contribution >= 4 is 34.8 Å². The fraction of sp³-hybridized carbons (Fsp3) is 0.333. The second-order valence-electron chi connectivity index (χ2n) is 2.88. The van der Waals surface area contributed by atoms with Crippen LogP contribution in [0.2, 0.25) is 5.02 Å². The fourth-order valence-corrected chi connectivity index (χ4v) is 1.44. The topological polar surface area (TPSA) is 20.2 Å². The van der Waals surface area contributed by atoms with Crippen LogP contribution in [0.3, 0.4) is 0 Å². The zero-order valence-corrected chi connectivity index (χ0v) is 9.24. The van der Waals surface area contributed by atoms with Gasteiger partial charge in [-0.25, -0.2) is 0 Å². The van der Waals surface area contributed by atoms with Crippen molar-refractivity contribution in [2.45, 2.75) is 17.4 Å². The van der Waals surface area contributed by atoms with Gasteiger partial charge in [0.1, 0.15) is 10.4 Å². The molecule has 0 aromatic heterocycles. The largest absolute Gasteiger partial charge is 0.385 e. The first-order valence-electron chi connectivity index (χ1n) is 3.73. The summed E-state index contributed by atoms with van der Waals surface area (Å²) < 4.78 is -1.23. The maximum atomic E-state index is 9.69. The average Bonchev–Trinajstić information content (AvgIpc) is 2.02. The number of aliphatic hydroxyl groups is 1. The Kier molecular flexibility index (Phi) is 3.47.